The highest BCUT2D eigenvalue weighted by Crippen LogP contribution is 2.27. The van der Waals surface area contributed by atoms with Crippen LogP contribution in [0.25, 0.3) is 0 Å². The summed E-state index contributed by atoms with van der Waals surface area (Å²) >= 11 is 0. The second kappa shape index (κ2) is 10.3. The SMILES string of the molecule is CC[C@H](C(=O)N[C@H](CC)c1ccc(OC)cc1)N(c1cccc(OC)c1)S(C)(=O)=O. The van der Waals surface area contributed by atoms with E-state index in [-0.39, 0.29) is 11.9 Å². The van der Waals surface area contributed by atoms with Crippen LogP contribution in [0.2, 0.25) is 0 Å². The molecule has 164 valence electrons. The number of rotatable bonds is 10. The molecule has 1 N–H and O–H groups in total. The number of hydrogen-bond donors (Lipinski definition) is 1. The van der Waals surface area contributed by atoms with Gasteiger partial charge in [-0.1, -0.05) is 32.0 Å². The van der Waals surface area contributed by atoms with E-state index in [1.807, 2.05) is 31.2 Å². The molecule has 0 aliphatic rings. The number of sulfonamides is 1. The molecule has 0 aromatic heterocycles. The van der Waals surface area contributed by atoms with E-state index in [2.05, 4.69) is 5.32 Å². The minimum atomic E-state index is -3.72. The number of amides is 1. The molecule has 0 aliphatic carbocycles. The summed E-state index contributed by atoms with van der Waals surface area (Å²) in [6, 6.07) is 13.0. The van der Waals surface area contributed by atoms with E-state index in [0.717, 1.165) is 21.9 Å². The minimum absolute atomic E-state index is 0.246. The molecule has 0 saturated heterocycles. The van der Waals surface area contributed by atoms with Gasteiger partial charge in [-0.25, -0.2) is 8.42 Å². The van der Waals surface area contributed by atoms with Gasteiger partial charge in [-0.15, -0.1) is 0 Å². The van der Waals surface area contributed by atoms with Crippen molar-refractivity contribution in [2.45, 2.75) is 38.8 Å². The maximum Gasteiger partial charge on any atom is 0.244 e. The van der Waals surface area contributed by atoms with Crippen molar-refractivity contribution in [2.75, 3.05) is 24.8 Å². The molecular formula is C22H30N2O5S. The van der Waals surface area contributed by atoms with Gasteiger partial charge in [0, 0.05) is 6.07 Å². The first-order valence-corrected chi connectivity index (χ1v) is 11.7. The molecule has 2 atom stereocenters. The van der Waals surface area contributed by atoms with Crippen LogP contribution in [-0.2, 0) is 14.8 Å². The number of carbonyl (C=O) groups is 1. The van der Waals surface area contributed by atoms with E-state index in [0.29, 0.717) is 24.3 Å². The van der Waals surface area contributed by atoms with Crippen molar-refractivity contribution in [1.29, 1.82) is 0 Å². The maximum atomic E-state index is 13.2. The van der Waals surface area contributed by atoms with Crippen molar-refractivity contribution in [3.8, 4) is 11.5 Å². The van der Waals surface area contributed by atoms with E-state index in [4.69, 9.17) is 9.47 Å². The number of ether oxygens (including phenoxy) is 2. The Morgan fingerprint density at radius 1 is 1.00 bits per heavy atom. The summed E-state index contributed by atoms with van der Waals surface area (Å²) in [6.07, 6.45) is 2.07. The summed E-state index contributed by atoms with van der Waals surface area (Å²) in [5.74, 6) is 0.891. The summed E-state index contributed by atoms with van der Waals surface area (Å²) < 4.78 is 36.8. The zero-order valence-corrected chi connectivity index (χ0v) is 18.9. The summed E-state index contributed by atoms with van der Waals surface area (Å²) in [5, 5.41) is 3.01. The maximum absolute atomic E-state index is 13.2. The van der Waals surface area contributed by atoms with Crippen LogP contribution in [0.15, 0.2) is 48.5 Å². The van der Waals surface area contributed by atoms with Gasteiger partial charge in [-0.2, -0.15) is 0 Å². The molecule has 30 heavy (non-hydrogen) atoms. The number of benzene rings is 2. The van der Waals surface area contributed by atoms with Crippen LogP contribution in [0.3, 0.4) is 0 Å². The first-order valence-electron chi connectivity index (χ1n) is 9.82. The number of nitrogens with zero attached hydrogens (tertiary/aromatic N) is 1. The predicted octanol–water partition coefficient (Wildman–Crippen LogP) is 3.52. The Bertz CT molecular complexity index is 944. The van der Waals surface area contributed by atoms with Gasteiger partial charge in [0.2, 0.25) is 15.9 Å². The van der Waals surface area contributed by atoms with Gasteiger partial charge in [0.25, 0.3) is 0 Å². The van der Waals surface area contributed by atoms with Crippen LogP contribution in [0, 0.1) is 0 Å². The van der Waals surface area contributed by atoms with Gasteiger partial charge in [0.1, 0.15) is 17.5 Å². The Morgan fingerprint density at radius 2 is 1.63 bits per heavy atom. The van der Waals surface area contributed by atoms with E-state index in [1.54, 1.807) is 38.3 Å². The highest BCUT2D eigenvalue weighted by atomic mass is 32.2. The number of anilines is 1. The normalized spacial score (nSPS) is 13.2. The van der Waals surface area contributed by atoms with E-state index >= 15 is 0 Å². The zero-order chi connectivity index (χ0) is 22.3. The topological polar surface area (TPSA) is 84.9 Å². The molecule has 0 spiro atoms. The summed E-state index contributed by atoms with van der Waals surface area (Å²) in [7, 11) is -0.611. The highest BCUT2D eigenvalue weighted by Gasteiger charge is 2.32. The Labute approximate surface area is 179 Å². The lowest BCUT2D eigenvalue weighted by Crippen LogP contribution is -2.50. The number of hydrogen-bond acceptors (Lipinski definition) is 5. The van der Waals surface area contributed by atoms with Gasteiger partial charge in [-0.05, 0) is 42.7 Å². The molecule has 2 aromatic carbocycles. The van der Waals surface area contributed by atoms with Crippen LogP contribution >= 0.6 is 0 Å². The molecule has 0 heterocycles. The molecule has 0 radical (unpaired) electrons. The Balaban J connectivity index is 2.34. The lowest BCUT2D eigenvalue weighted by molar-refractivity contribution is -0.123. The van der Waals surface area contributed by atoms with Gasteiger partial charge in [0.15, 0.2) is 0 Å². The smallest absolute Gasteiger partial charge is 0.244 e. The third-order valence-corrected chi connectivity index (χ3v) is 6.06. The quantitative estimate of drug-likeness (QED) is 0.618. The molecule has 1 amide bonds. The lowest BCUT2D eigenvalue weighted by atomic mass is 10.0. The second-order valence-corrected chi connectivity index (χ2v) is 8.79. The van der Waals surface area contributed by atoms with Gasteiger partial charge >= 0.3 is 0 Å². The van der Waals surface area contributed by atoms with E-state index < -0.39 is 16.1 Å². The second-order valence-electron chi connectivity index (χ2n) is 6.93. The number of nitrogens with one attached hydrogen (secondary N) is 1. The largest absolute Gasteiger partial charge is 0.497 e. The van der Waals surface area contributed by atoms with Crippen LogP contribution in [0.4, 0.5) is 5.69 Å². The monoisotopic (exact) mass is 434 g/mol. The van der Waals surface area contributed by atoms with Gasteiger partial charge < -0.3 is 14.8 Å². The van der Waals surface area contributed by atoms with Crippen molar-refractivity contribution >= 4 is 21.6 Å². The minimum Gasteiger partial charge on any atom is -0.497 e. The molecule has 8 heteroatoms. The van der Waals surface area contributed by atoms with Crippen molar-refractivity contribution in [1.82, 2.24) is 5.32 Å². The average Bonchev–Trinajstić information content (AvgIpc) is 2.74. The number of carbonyl (C=O) groups excluding carboxylic acids is 1. The molecular weight excluding hydrogens is 404 g/mol. The number of methoxy groups -OCH3 is 2. The summed E-state index contributed by atoms with van der Waals surface area (Å²) in [4.78, 5) is 13.2. The third kappa shape index (κ3) is 5.66. The fourth-order valence-electron chi connectivity index (χ4n) is 3.33. The Kier molecular flexibility index (Phi) is 8.11. The fourth-order valence-corrected chi connectivity index (χ4v) is 4.54. The van der Waals surface area contributed by atoms with Crippen LogP contribution < -0.4 is 19.1 Å². The Hall–Kier alpha value is -2.74. The first kappa shape index (κ1) is 23.5. The lowest BCUT2D eigenvalue weighted by Gasteiger charge is -2.31. The van der Waals surface area contributed by atoms with Crippen molar-refractivity contribution in [3.63, 3.8) is 0 Å². The van der Waals surface area contributed by atoms with Crippen molar-refractivity contribution in [2.24, 2.45) is 0 Å². The van der Waals surface area contributed by atoms with Crippen LogP contribution in [-0.4, -0.2) is 40.8 Å². The van der Waals surface area contributed by atoms with Crippen LogP contribution in [0.1, 0.15) is 38.3 Å². The molecule has 0 aliphatic heterocycles. The van der Waals surface area contributed by atoms with Gasteiger partial charge in [-0.3, -0.25) is 9.10 Å². The summed E-state index contributed by atoms with van der Waals surface area (Å²) in [5.41, 5.74) is 1.31. The van der Waals surface area contributed by atoms with E-state index in [9.17, 15) is 13.2 Å². The molecule has 0 fully saturated rings. The molecule has 0 bridgehead atoms. The Morgan fingerprint density at radius 3 is 2.13 bits per heavy atom. The van der Waals surface area contributed by atoms with E-state index in [1.165, 1.54) is 7.11 Å². The van der Waals surface area contributed by atoms with Crippen molar-refractivity contribution < 1.29 is 22.7 Å². The highest BCUT2D eigenvalue weighted by molar-refractivity contribution is 7.92. The fraction of sp³-hybridized carbons (Fsp3) is 0.409. The first-order chi connectivity index (χ1) is 14.2. The molecule has 7 nitrogen and oxygen atoms in total. The average molecular weight is 435 g/mol. The zero-order valence-electron chi connectivity index (χ0n) is 18.1. The van der Waals surface area contributed by atoms with Crippen LogP contribution in [0.5, 0.6) is 11.5 Å². The molecule has 2 aromatic rings. The molecule has 2 rings (SSSR count). The predicted molar refractivity (Wildman–Crippen MR) is 119 cm³/mol. The molecule has 0 unspecified atom stereocenters. The molecule has 0 saturated carbocycles. The third-order valence-electron chi connectivity index (χ3n) is 4.88. The van der Waals surface area contributed by atoms with Crippen molar-refractivity contribution in [3.05, 3.63) is 54.1 Å². The van der Waals surface area contributed by atoms with Gasteiger partial charge in [0.05, 0.1) is 32.2 Å². The summed E-state index contributed by atoms with van der Waals surface area (Å²) in [6.45, 7) is 3.75. The standard InChI is InChI=1S/C22H30N2O5S/c1-6-20(16-11-13-18(28-3)14-12-16)23-22(25)21(7-2)24(30(5,26)27)17-9-8-10-19(15-17)29-4/h8-15,20-21H,6-7H2,1-5H3,(H,23,25)/t20-,21-/m1/s1.